The van der Waals surface area contributed by atoms with Crippen LogP contribution in [0.15, 0.2) is 42.6 Å². The van der Waals surface area contributed by atoms with E-state index in [0.29, 0.717) is 54.4 Å². The molecule has 4 rings (SSSR count). The standard InChI is InChI=1S/C31H31NO6/c1-3-4-19-36-29(33)22-12-14-24(15-13-22)31(35)38-28-17-16-25(20-26(28)27-7-5-6-18-32-27)37-30(34)23-10-8-21(2)9-11-23/h1,5-7,16-18,20-24H,8-15H2,2H3. The van der Waals surface area contributed by atoms with Gasteiger partial charge in [0.15, 0.2) is 0 Å². The summed E-state index contributed by atoms with van der Waals surface area (Å²) in [6, 6.07) is 10.4. The fraction of sp³-hybridized carbons (Fsp3) is 0.419. The first-order chi connectivity index (χ1) is 18.4. The molecule has 0 atom stereocenters. The van der Waals surface area contributed by atoms with E-state index in [1.54, 1.807) is 36.5 Å². The topological polar surface area (TPSA) is 91.8 Å². The van der Waals surface area contributed by atoms with Gasteiger partial charge in [-0.15, -0.1) is 6.42 Å². The van der Waals surface area contributed by atoms with Gasteiger partial charge < -0.3 is 14.2 Å². The van der Waals surface area contributed by atoms with Gasteiger partial charge in [0.25, 0.3) is 0 Å². The average molecular weight is 514 g/mol. The van der Waals surface area contributed by atoms with E-state index in [-0.39, 0.29) is 29.7 Å². The maximum Gasteiger partial charge on any atom is 0.322 e. The number of hydrogen-bond acceptors (Lipinski definition) is 7. The van der Waals surface area contributed by atoms with E-state index in [1.807, 2.05) is 6.07 Å². The number of nitrogens with zero attached hydrogens (tertiary/aromatic N) is 1. The van der Waals surface area contributed by atoms with Gasteiger partial charge in [0.2, 0.25) is 0 Å². The number of carbonyl (C=O) groups is 3. The molecule has 1 aromatic carbocycles. The summed E-state index contributed by atoms with van der Waals surface area (Å²) in [6.45, 7) is 2.21. The van der Waals surface area contributed by atoms with Gasteiger partial charge >= 0.3 is 17.9 Å². The summed E-state index contributed by atoms with van der Waals surface area (Å²) in [7, 11) is 0. The van der Waals surface area contributed by atoms with Crippen molar-refractivity contribution in [3.05, 3.63) is 42.6 Å². The number of hydrogen-bond donors (Lipinski definition) is 0. The van der Waals surface area contributed by atoms with Crippen molar-refractivity contribution in [2.75, 3.05) is 0 Å². The number of carbonyl (C=O) groups excluding carboxylic acids is 3. The van der Waals surface area contributed by atoms with Crippen molar-refractivity contribution in [3.63, 3.8) is 0 Å². The number of esters is 3. The Hall–Kier alpha value is -4.10. The molecule has 0 spiro atoms. The van der Waals surface area contributed by atoms with Crippen molar-refractivity contribution >= 4 is 17.9 Å². The molecule has 2 fully saturated rings. The van der Waals surface area contributed by atoms with E-state index < -0.39 is 5.97 Å². The Kier molecular flexibility index (Phi) is 9.16. The number of aromatic nitrogens is 1. The Morgan fingerprint density at radius 3 is 2.11 bits per heavy atom. The highest BCUT2D eigenvalue weighted by Gasteiger charge is 2.32. The highest BCUT2D eigenvalue weighted by atomic mass is 16.5. The second kappa shape index (κ2) is 12.9. The van der Waals surface area contributed by atoms with Crippen molar-refractivity contribution in [2.24, 2.45) is 23.7 Å². The Bertz CT molecular complexity index is 1250. The molecule has 0 radical (unpaired) electrons. The Labute approximate surface area is 223 Å². The van der Waals surface area contributed by atoms with Crippen LogP contribution in [0.2, 0.25) is 0 Å². The maximum absolute atomic E-state index is 13.0. The van der Waals surface area contributed by atoms with Crippen LogP contribution in [0.5, 0.6) is 11.5 Å². The van der Waals surface area contributed by atoms with Crippen molar-refractivity contribution in [2.45, 2.75) is 58.3 Å². The molecule has 2 aromatic rings. The zero-order chi connectivity index (χ0) is 26.9. The molecule has 1 heterocycles. The molecule has 2 aliphatic rings. The predicted molar refractivity (Wildman–Crippen MR) is 140 cm³/mol. The smallest absolute Gasteiger partial charge is 0.322 e. The third-order valence-corrected chi connectivity index (χ3v) is 7.34. The Balaban J connectivity index is 1.43. The summed E-state index contributed by atoms with van der Waals surface area (Å²) in [5.74, 6) is 3.91. The van der Waals surface area contributed by atoms with Gasteiger partial charge in [-0.25, -0.2) is 0 Å². The number of benzene rings is 1. The van der Waals surface area contributed by atoms with Crippen LogP contribution in [0, 0.1) is 48.0 Å². The van der Waals surface area contributed by atoms with Gasteiger partial charge in [-0.1, -0.05) is 13.0 Å². The van der Waals surface area contributed by atoms with Crippen LogP contribution < -0.4 is 9.47 Å². The summed E-state index contributed by atoms with van der Waals surface area (Å²) in [4.78, 5) is 42.3. The van der Waals surface area contributed by atoms with Gasteiger partial charge in [-0.2, -0.15) is 0 Å². The Morgan fingerprint density at radius 2 is 1.47 bits per heavy atom. The van der Waals surface area contributed by atoms with Crippen LogP contribution in [0.3, 0.4) is 0 Å². The third-order valence-electron chi connectivity index (χ3n) is 7.34. The highest BCUT2D eigenvalue weighted by Crippen LogP contribution is 2.36. The quantitative estimate of drug-likeness (QED) is 0.293. The monoisotopic (exact) mass is 513 g/mol. The molecular formula is C31H31NO6. The predicted octanol–water partition coefficient (Wildman–Crippen LogP) is 5.33. The molecular weight excluding hydrogens is 482 g/mol. The van der Waals surface area contributed by atoms with E-state index in [1.165, 1.54) is 0 Å². The first-order valence-corrected chi connectivity index (χ1v) is 13.1. The van der Waals surface area contributed by atoms with Crippen molar-refractivity contribution in [3.8, 4) is 47.1 Å². The number of pyridine rings is 1. The molecule has 2 aliphatic carbocycles. The summed E-state index contributed by atoms with van der Waals surface area (Å²) in [5, 5.41) is 0. The van der Waals surface area contributed by atoms with Crippen molar-refractivity contribution < 1.29 is 28.6 Å². The van der Waals surface area contributed by atoms with Crippen LogP contribution in [0.25, 0.3) is 11.3 Å². The number of terminal acetylenes is 1. The van der Waals surface area contributed by atoms with E-state index in [2.05, 4.69) is 29.9 Å². The second-order valence-corrected chi connectivity index (χ2v) is 10.0. The summed E-state index contributed by atoms with van der Waals surface area (Å²) < 4.78 is 16.4. The molecule has 0 saturated heterocycles. The van der Waals surface area contributed by atoms with E-state index in [9.17, 15) is 14.4 Å². The third kappa shape index (κ3) is 7.01. The minimum atomic E-state index is -0.426. The fourth-order valence-electron chi connectivity index (χ4n) is 5.02. The van der Waals surface area contributed by atoms with Crippen molar-refractivity contribution in [1.82, 2.24) is 4.98 Å². The molecule has 0 aliphatic heterocycles. The summed E-state index contributed by atoms with van der Waals surface area (Å²) in [5.41, 5.74) is 1.16. The molecule has 7 nitrogen and oxygen atoms in total. The lowest BCUT2D eigenvalue weighted by Gasteiger charge is -2.25. The van der Waals surface area contributed by atoms with Crippen LogP contribution in [0.1, 0.15) is 58.3 Å². The first kappa shape index (κ1) is 26.9. The summed E-state index contributed by atoms with van der Waals surface area (Å²) >= 11 is 0. The van der Waals surface area contributed by atoms with E-state index in [0.717, 1.165) is 25.7 Å². The maximum atomic E-state index is 13.0. The highest BCUT2D eigenvalue weighted by molar-refractivity contribution is 5.81. The molecule has 7 heteroatoms. The lowest BCUT2D eigenvalue weighted by molar-refractivity contribution is -0.146. The minimum Gasteiger partial charge on any atom is -0.426 e. The Morgan fingerprint density at radius 1 is 0.842 bits per heavy atom. The molecule has 0 bridgehead atoms. The zero-order valence-corrected chi connectivity index (χ0v) is 21.5. The van der Waals surface area contributed by atoms with E-state index in [4.69, 9.17) is 20.6 Å². The van der Waals surface area contributed by atoms with Crippen LogP contribution in [0.4, 0.5) is 0 Å². The van der Waals surface area contributed by atoms with E-state index >= 15 is 0 Å². The van der Waals surface area contributed by atoms with Gasteiger partial charge in [-0.05, 0) is 93.5 Å². The van der Waals surface area contributed by atoms with Crippen LogP contribution in [-0.2, 0) is 19.1 Å². The van der Waals surface area contributed by atoms with Gasteiger partial charge in [-0.3, -0.25) is 19.4 Å². The van der Waals surface area contributed by atoms with Gasteiger partial charge in [0.05, 0.1) is 23.4 Å². The number of rotatable bonds is 6. The number of ether oxygens (including phenoxy) is 3. The van der Waals surface area contributed by atoms with Crippen LogP contribution >= 0.6 is 0 Å². The molecule has 38 heavy (non-hydrogen) atoms. The second-order valence-electron chi connectivity index (χ2n) is 10.0. The molecule has 0 unspecified atom stereocenters. The normalized spacial score (nSPS) is 22.6. The lowest BCUT2D eigenvalue weighted by Crippen LogP contribution is -2.29. The first-order valence-electron chi connectivity index (χ1n) is 13.1. The minimum absolute atomic E-state index is 0.0983. The molecule has 0 amide bonds. The van der Waals surface area contributed by atoms with Gasteiger partial charge in [0, 0.05) is 17.7 Å². The van der Waals surface area contributed by atoms with Gasteiger partial charge in [0.1, 0.15) is 17.6 Å². The molecule has 2 saturated carbocycles. The molecule has 0 N–H and O–H groups in total. The SMILES string of the molecule is C#CC#COC(=O)C1CCC(C(=O)Oc2ccc(OC(=O)C3CCC(C)CC3)cc2-c2ccccn2)CC1. The average Bonchev–Trinajstić information content (AvgIpc) is 2.94. The largest absolute Gasteiger partial charge is 0.426 e. The van der Waals surface area contributed by atoms with Crippen molar-refractivity contribution in [1.29, 1.82) is 0 Å². The zero-order valence-electron chi connectivity index (χ0n) is 21.5. The molecule has 1 aromatic heterocycles. The summed E-state index contributed by atoms with van der Waals surface area (Å²) in [6.07, 6.45) is 14.6. The lowest BCUT2D eigenvalue weighted by atomic mass is 9.82. The molecule has 196 valence electrons. The fourth-order valence-corrected chi connectivity index (χ4v) is 5.02. The van der Waals surface area contributed by atoms with Crippen LogP contribution in [-0.4, -0.2) is 22.9 Å².